The highest BCUT2D eigenvalue weighted by Gasteiger charge is 1.95. The van der Waals surface area contributed by atoms with Gasteiger partial charge >= 0.3 is 0 Å². The van der Waals surface area contributed by atoms with E-state index < -0.39 is 0 Å². The first-order valence-corrected chi connectivity index (χ1v) is 4.89. The Bertz CT molecular complexity index is 366. The van der Waals surface area contributed by atoms with Gasteiger partial charge in [-0.15, -0.1) is 0 Å². The average molecular weight is 257 g/mol. The minimum Gasteiger partial charge on any atom is -0.198 e. The fourth-order valence-corrected chi connectivity index (χ4v) is 1.44. The highest BCUT2D eigenvalue weighted by Crippen LogP contribution is 2.22. The third-order valence-corrected chi connectivity index (χ3v) is 2.42. The van der Waals surface area contributed by atoms with Crippen molar-refractivity contribution in [2.45, 2.75) is 6.42 Å². The Morgan fingerprint density at radius 3 is 3.00 bits per heavy atom. The van der Waals surface area contributed by atoms with E-state index in [-0.39, 0.29) is 0 Å². The predicted molar refractivity (Wildman–Crippen MR) is 58.4 cm³/mol. The van der Waals surface area contributed by atoms with Gasteiger partial charge in [-0.05, 0) is 23.8 Å². The molecule has 0 aliphatic rings. The van der Waals surface area contributed by atoms with Crippen LogP contribution in [0, 0.1) is 11.3 Å². The van der Waals surface area contributed by atoms with Crippen LogP contribution < -0.4 is 0 Å². The van der Waals surface area contributed by atoms with Gasteiger partial charge in [-0.2, -0.15) is 5.26 Å². The van der Waals surface area contributed by atoms with E-state index in [1.165, 1.54) is 0 Å². The summed E-state index contributed by atoms with van der Waals surface area (Å²) < 4.78 is 0.978. The van der Waals surface area contributed by atoms with E-state index in [9.17, 15) is 0 Å². The zero-order valence-electron chi connectivity index (χ0n) is 6.80. The molecule has 1 rings (SSSR count). The summed E-state index contributed by atoms with van der Waals surface area (Å²) in [6.07, 6.45) is 4.09. The lowest BCUT2D eigenvalue weighted by atomic mass is 10.2. The van der Waals surface area contributed by atoms with Gasteiger partial charge in [-0.25, -0.2) is 0 Å². The highest BCUT2D eigenvalue weighted by atomic mass is 79.9. The maximum atomic E-state index is 8.33. The van der Waals surface area contributed by atoms with E-state index in [2.05, 4.69) is 15.9 Å². The van der Waals surface area contributed by atoms with Crippen molar-refractivity contribution in [3.63, 3.8) is 0 Å². The van der Waals surface area contributed by atoms with Gasteiger partial charge in [0, 0.05) is 9.50 Å². The van der Waals surface area contributed by atoms with Gasteiger partial charge < -0.3 is 0 Å². The zero-order valence-corrected chi connectivity index (χ0v) is 9.14. The quantitative estimate of drug-likeness (QED) is 0.784. The SMILES string of the molecule is N#CCC=Cc1cc(Cl)ccc1Br. The van der Waals surface area contributed by atoms with Crippen LogP contribution in [0.15, 0.2) is 28.7 Å². The van der Waals surface area contributed by atoms with Crippen LogP contribution in [0.2, 0.25) is 5.02 Å². The molecule has 0 heterocycles. The topological polar surface area (TPSA) is 23.8 Å². The van der Waals surface area contributed by atoms with Crippen molar-refractivity contribution < 1.29 is 0 Å². The highest BCUT2D eigenvalue weighted by molar-refractivity contribution is 9.10. The number of nitriles is 1. The molecule has 66 valence electrons. The predicted octanol–water partition coefficient (Wildman–Crippen LogP) is 4.03. The smallest absolute Gasteiger partial charge is 0.0663 e. The number of nitrogens with zero attached hydrogens (tertiary/aromatic N) is 1. The van der Waals surface area contributed by atoms with Crippen molar-refractivity contribution in [3.8, 4) is 6.07 Å². The Balaban J connectivity index is 2.88. The van der Waals surface area contributed by atoms with Gasteiger partial charge in [0.25, 0.3) is 0 Å². The number of allylic oxidation sites excluding steroid dienone is 1. The minimum absolute atomic E-state index is 0.416. The van der Waals surface area contributed by atoms with E-state index in [0.717, 1.165) is 10.0 Å². The summed E-state index contributed by atoms with van der Waals surface area (Å²) in [6, 6.07) is 7.58. The van der Waals surface area contributed by atoms with Gasteiger partial charge in [0.1, 0.15) is 0 Å². The lowest BCUT2D eigenvalue weighted by Crippen LogP contribution is -1.75. The third-order valence-electron chi connectivity index (χ3n) is 1.46. The third kappa shape index (κ3) is 3.22. The molecule has 0 unspecified atom stereocenters. The van der Waals surface area contributed by atoms with Gasteiger partial charge in [0.2, 0.25) is 0 Å². The first kappa shape index (κ1) is 10.3. The van der Waals surface area contributed by atoms with Gasteiger partial charge in [0.15, 0.2) is 0 Å². The first-order valence-electron chi connectivity index (χ1n) is 3.72. The molecule has 1 aromatic carbocycles. The Labute approximate surface area is 90.8 Å². The second-order valence-electron chi connectivity index (χ2n) is 2.43. The fourth-order valence-electron chi connectivity index (χ4n) is 0.881. The van der Waals surface area contributed by atoms with Gasteiger partial charge in [-0.3, -0.25) is 0 Å². The van der Waals surface area contributed by atoms with Crippen LogP contribution in [-0.2, 0) is 0 Å². The molecule has 13 heavy (non-hydrogen) atoms. The summed E-state index contributed by atoms with van der Waals surface area (Å²) in [5, 5.41) is 9.02. The maximum Gasteiger partial charge on any atom is 0.0663 e. The molecule has 0 saturated carbocycles. The van der Waals surface area contributed by atoms with Gasteiger partial charge in [-0.1, -0.05) is 39.7 Å². The van der Waals surface area contributed by atoms with Crippen LogP contribution in [0.1, 0.15) is 12.0 Å². The first-order chi connectivity index (χ1) is 6.24. The van der Waals surface area contributed by atoms with E-state index in [1.54, 1.807) is 6.08 Å². The van der Waals surface area contributed by atoms with Crippen LogP contribution in [0.3, 0.4) is 0 Å². The normalized spacial score (nSPS) is 10.2. The van der Waals surface area contributed by atoms with Crippen LogP contribution in [0.4, 0.5) is 0 Å². The van der Waals surface area contributed by atoms with Crippen molar-refractivity contribution in [3.05, 3.63) is 39.3 Å². The Morgan fingerprint density at radius 1 is 1.54 bits per heavy atom. The number of rotatable bonds is 2. The molecule has 0 aliphatic heterocycles. The molecule has 0 fully saturated rings. The van der Waals surface area contributed by atoms with E-state index >= 15 is 0 Å². The molecule has 0 saturated heterocycles. The largest absolute Gasteiger partial charge is 0.198 e. The lowest BCUT2D eigenvalue weighted by molar-refractivity contribution is 1.36. The molecule has 0 aromatic heterocycles. The summed E-state index contributed by atoms with van der Waals surface area (Å²) in [5.74, 6) is 0. The Kier molecular flexibility index (Phi) is 4.01. The standard InChI is InChI=1S/C10H7BrClN/c11-10-5-4-9(12)7-8(10)3-1-2-6-13/h1,3-5,7H,2H2. The van der Waals surface area contributed by atoms with E-state index in [4.69, 9.17) is 16.9 Å². The number of hydrogen-bond acceptors (Lipinski definition) is 1. The maximum absolute atomic E-state index is 8.33. The minimum atomic E-state index is 0.416. The van der Waals surface area contributed by atoms with Crippen LogP contribution in [-0.4, -0.2) is 0 Å². The molecule has 0 N–H and O–H groups in total. The summed E-state index contributed by atoms with van der Waals surface area (Å²) in [5.41, 5.74) is 0.989. The summed E-state index contributed by atoms with van der Waals surface area (Å²) in [6.45, 7) is 0. The summed E-state index contributed by atoms with van der Waals surface area (Å²) >= 11 is 9.20. The van der Waals surface area contributed by atoms with E-state index in [1.807, 2.05) is 30.3 Å². The number of hydrogen-bond donors (Lipinski definition) is 0. The fraction of sp³-hybridized carbons (Fsp3) is 0.100. The summed E-state index contributed by atoms with van der Waals surface area (Å²) in [4.78, 5) is 0. The molecule has 3 heteroatoms. The van der Waals surface area contributed by atoms with Crippen molar-refractivity contribution in [1.29, 1.82) is 5.26 Å². The van der Waals surface area contributed by atoms with Crippen molar-refractivity contribution in [2.75, 3.05) is 0 Å². The summed E-state index contributed by atoms with van der Waals surface area (Å²) in [7, 11) is 0. The molecule has 0 aliphatic carbocycles. The molecule has 1 nitrogen and oxygen atoms in total. The molecule has 0 bridgehead atoms. The van der Waals surface area contributed by atoms with Crippen molar-refractivity contribution in [2.24, 2.45) is 0 Å². The lowest BCUT2D eigenvalue weighted by Gasteiger charge is -1.97. The van der Waals surface area contributed by atoms with Gasteiger partial charge in [0.05, 0.1) is 12.5 Å². The molecule has 0 atom stereocenters. The molecule has 0 amide bonds. The van der Waals surface area contributed by atoms with Crippen molar-refractivity contribution >= 4 is 33.6 Å². The molecule has 1 aromatic rings. The van der Waals surface area contributed by atoms with Crippen LogP contribution in [0.25, 0.3) is 6.08 Å². The van der Waals surface area contributed by atoms with Crippen LogP contribution in [0.5, 0.6) is 0 Å². The molecular weight excluding hydrogens is 249 g/mol. The van der Waals surface area contributed by atoms with Crippen LogP contribution >= 0.6 is 27.5 Å². The molecular formula is C10H7BrClN. The number of halogens is 2. The van der Waals surface area contributed by atoms with E-state index in [0.29, 0.717) is 11.4 Å². The second-order valence-corrected chi connectivity index (χ2v) is 3.72. The average Bonchev–Trinajstić information content (AvgIpc) is 2.11. The Morgan fingerprint density at radius 2 is 2.31 bits per heavy atom. The second kappa shape index (κ2) is 5.06. The monoisotopic (exact) mass is 255 g/mol. The molecule has 0 radical (unpaired) electrons. The molecule has 0 spiro atoms. The number of benzene rings is 1. The van der Waals surface area contributed by atoms with Crippen molar-refractivity contribution in [1.82, 2.24) is 0 Å². The zero-order chi connectivity index (χ0) is 9.68. The Hall–Kier alpha value is -0.780.